The summed E-state index contributed by atoms with van der Waals surface area (Å²) in [4.78, 5) is 13.7. The molecule has 2 rings (SSSR count). The highest BCUT2D eigenvalue weighted by molar-refractivity contribution is 5.68. The van der Waals surface area contributed by atoms with Gasteiger partial charge >= 0.3 is 6.09 Å². The fourth-order valence-corrected chi connectivity index (χ4v) is 2.68. The van der Waals surface area contributed by atoms with Gasteiger partial charge < -0.3 is 14.7 Å². The molecule has 6 heteroatoms. The molecule has 1 aromatic rings. The number of aliphatic hydroxyl groups is 1. The van der Waals surface area contributed by atoms with Gasteiger partial charge in [-0.25, -0.2) is 13.6 Å². The number of benzene rings is 1. The van der Waals surface area contributed by atoms with Crippen LogP contribution in [0.2, 0.25) is 0 Å². The standard InChI is InChI=1S/C17H23F2NO3/c1-17(2,3)23-16(22)20-7-6-15(21)12(10-20)8-11-4-5-13(18)14(19)9-11/h4-5,9,12,15,21H,6-8,10H2,1-3H3. The summed E-state index contributed by atoms with van der Waals surface area (Å²) in [5, 5.41) is 10.1. The van der Waals surface area contributed by atoms with E-state index in [2.05, 4.69) is 0 Å². The minimum atomic E-state index is -0.906. The molecule has 1 amide bonds. The molecule has 1 aliphatic rings. The Labute approximate surface area is 135 Å². The van der Waals surface area contributed by atoms with Crippen molar-refractivity contribution < 1.29 is 23.4 Å². The molecule has 1 heterocycles. The van der Waals surface area contributed by atoms with Crippen molar-refractivity contribution in [2.45, 2.75) is 45.3 Å². The Morgan fingerprint density at radius 2 is 2.04 bits per heavy atom. The van der Waals surface area contributed by atoms with Crippen LogP contribution in [0.3, 0.4) is 0 Å². The van der Waals surface area contributed by atoms with Gasteiger partial charge in [0.1, 0.15) is 5.60 Å². The average molecular weight is 327 g/mol. The summed E-state index contributed by atoms with van der Waals surface area (Å²) in [5.74, 6) is -2.04. The first-order chi connectivity index (χ1) is 10.7. The van der Waals surface area contributed by atoms with E-state index < -0.39 is 29.4 Å². The zero-order valence-corrected chi connectivity index (χ0v) is 13.7. The zero-order chi connectivity index (χ0) is 17.2. The minimum Gasteiger partial charge on any atom is -0.444 e. The molecule has 1 aromatic carbocycles. The number of piperidine rings is 1. The number of aliphatic hydroxyl groups excluding tert-OH is 1. The third kappa shape index (κ3) is 4.89. The van der Waals surface area contributed by atoms with Crippen LogP contribution in [0, 0.1) is 17.6 Å². The number of rotatable bonds is 2. The van der Waals surface area contributed by atoms with Crippen LogP contribution in [0.4, 0.5) is 13.6 Å². The molecule has 1 fully saturated rings. The smallest absolute Gasteiger partial charge is 0.410 e. The number of amides is 1. The van der Waals surface area contributed by atoms with Gasteiger partial charge in [-0.2, -0.15) is 0 Å². The van der Waals surface area contributed by atoms with Crippen molar-refractivity contribution in [1.29, 1.82) is 0 Å². The monoisotopic (exact) mass is 327 g/mol. The number of carbonyl (C=O) groups excluding carboxylic acids is 1. The maximum atomic E-state index is 13.3. The molecular weight excluding hydrogens is 304 g/mol. The Morgan fingerprint density at radius 1 is 1.35 bits per heavy atom. The maximum absolute atomic E-state index is 13.3. The van der Waals surface area contributed by atoms with Crippen LogP contribution in [0.15, 0.2) is 18.2 Å². The van der Waals surface area contributed by atoms with Crippen LogP contribution in [0.25, 0.3) is 0 Å². The summed E-state index contributed by atoms with van der Waals surface area (Å²) in [6.45, 7) is 6.13. The van der Waals surface area contributed by atoms with E-state index in [0.29, 0.717) is 31.5 Å². The Balaban J connectivity index is 2.03. The van der Waals surface area contributed by atoms with Gasteiger partial charge in [0, 0.05) is 19.0 Å². The van der Waals surface area contributed by atoms with E-state index in [9.17, 15) is 18.7 Å². The highest BCUT2D eigenvalue weighted by Gasteiger charge is 2.32. The average Bonchev–Trinajstić information content (AvgIpc) is 2.43. The topological polar surface area (TPSA) is 49.8 Å². The maximum Gasteiger partial charge on any atom is 0.410 e. The molecule has 128 valence electrons. The highest BCUT2D eigenvalue weighted by Crippen LogP contribution is 2.24. The van der Waals surface area contributed by atoms with Crippen LogP contribution >= 0.6 is 0 Å². The summed E-state index contributed by atoms with van der Waals surface area (Å²) in [6, 6.07) is 3.71. The van der Waals surface area contributed by atoms with Gasteiger partial charge in [-0.3, -0.25) is 0 Å². The number of hydrogen-bond donors (Lipinski definition) is 1. The van der Waals surface area contributed by atoms with Crippen LogP contribution in [0.1, 0.15) is 32.8 Å². The Hall–Kier alpha value is -1.69. The predicted molar refractivity (Wildman–Crippen MR) is 82.0 cm³/mol. The number of halogens is 2. The Kier molecular flexibility index (Phi) is 5.24. The second kappa shape index (κ2) is 6.83. The van der Waals surface area contributed by atoms with E-state index in [-0.39, 0.29) is 5.92 Å². The molecule has 0 spiro atoms. The lowest BCUT2D eigenvalue weighted by Crippen LogP contribution is -2.48. The summed E-state index contributed by atoms with van der Waals surface area (Å²) in [7, 11) is 0. The van der Waals surface area contributed by atoms with E-state index in [1.54, 1.807) is 25.7 Å². The van der Waals surface area contributed by atoms with E-state index in [1.165, 1.54) is 6.07 Å². The van der Waals surface area contributed by atoms with Gasteiger partial charge in [0.05, 0.1) is 6.10 Å². The lowest BCUT2D eigenvalue weighted by molar-refractivity contribution is -0.00825. The third-order valence-corrected chi connectivity index (χ3v) is 3.83. The first kappa shape index (κ1) is 17.7. The van der Waals surface area contributed by atoms with E-state index in [1.807, 2.05) is 0 Å². The van der Waals surface area contributed by atoms with Gasteiger partial charge in [-0.05, 0) is 51.3 Å². The SMILES string of the molecule is CC(C)(C)OC(=O)N1CCC(O)C(Cc2ccc(F)c(F)c2)C1. The van der Waals surface area contributed by atoms with E-state index in [4.69, 9.17) is 4.74 Å². The van der Waals surface area contributed by atoms with Crippen molar-refractivity contribution in [1.82, 2.24) is 4.90 Å². The summed E-state index contributed by atoms with van der Waals surface area (Å²) in [6.07, 6.45) is -0.188. The number of hydrogen-bond acceptors (Lipinski definition) is 3. The Bertz CT molecular complexity index is 571. The lowest BCUT2D eigenvalue weighted by atomic mass is 9.89. The van der Waals surface area contributed by atoms with Gasteiger partial charge in [-0.15, -0.1) is 0 Å². The predicted octanol–water partition coefficient (Wildman–Crippen LogP) is 3.13. The van der Waals surface area contributed by atoms with Gasteiger partial charge in [-0.1, -0.05) is 6.07 Å². The number of nitrogens with zero attached hydrogens (tertiary/aromatic N) is 1. The quantitative estimate of drug-likeness (QED) is 0.908. The van der Waals surface area contributed by atoms with Crippen LogP contribution in [-0.4, -0.2) is 40.9 Å². The second-order valence-electron chi connectivity index (χ2n) is 7.00. The lowest BCUT2D eigenvalue weighted by Gasteiger charge is -2.37. The molecule has 0 aliphatic carbocycles. The van der Waals surface area contributed by atoms with Crippen molar-refractivity contribution in [2.75, 3.05) is 13.1 Å². The Morgan fingerprint density at radius 3 is 2.65 bits per heavy atom. The van der Waals surface area contributed by atoms with Crippen molar-refractivity contribution in [3.63, 3.8) is 0 Å². The molecular formula is C17H23F2NO3. The molecule has 1 N–H and O–H groups in total. The molecule has 2 atom stereocenters. The molecule has 1 saturated heterocycles. The highest BCUT2D eigenvalue weighted by atomic mass is 19.2. The number of carbonyl (C=O) groups is 1. The zero-order valence-electron chi connectivity index (χ0n) is 13.7. The van der Waals surface area contributed by atoms with Crippen LogP contribution in [0.5, 0.6) is 0 Å². The molecule has 23 heavy (non-hydrogen) atoms. The first-order valence-corrected chi connectivity index (χ1v) is 7.75. The van der Waals surface area contributed by atoms with Crippen molar-refractivity contribution in [2.24, 2.45) is 5.92 Å². The van der Waals surface area contributed by atoms with Gasteiger partial charge in [0.25, 0.3) is 0 Å². The second-order valence-corrected chi connectivity index (χ2v) is 7.00. The van der Waals surface area contributed by atoms with Crippen LogP contribution in [-0.2, 0) is 11.2 Å². The van der Waals surface area contributed by atoms with Crippen molar-refractivity contribution in [3.05, 3.63) is 35.4 Å². The third-order valence-electron chi connectivity index (χ3n) is 3.83. The molecule has 0 radical (unpaired) electrons. The molecule has 0 saturated carbocycles. The number of likely N-dealkylation sites (tertiary alicyclic amines) is 1. The van der Waals surface area contributed by atoms with Crippen molar-refractivity contribution in [3.8, 4) is 0 Å². The summed E-state index contributed by atoms with van der Waals surface area (Å²) >= 11 is 0. The molecule has 4 nitrogen and oxygen atoms in total. The normalized spacial score (nSPS) is 22.1. The molecule has 0 aromatic heterocycles. The van der Waals surface area contributed by atoms with E-state index in [0.717, 1.165) is 12.1 Å². The molecule has 1 aliphatic heterocycles. The fourth-order valence-electron chi connectivity index (χ4n) is 2.68. The van der Waals surface area contributed by atoms with Gasteiger partial charge in [0.15, 0.2) is 11.6 Å². The first-order valence-electron chi connectivity index (χ1n) is 7.75. The summed E-state index contributed by atoms with van der Waals surface area (Å²) < 4.78 is 31.6. The summed E-state index contributed by atoms with van der Waals surface area (Å²) in [5.41, 5.74) is 0.0157. The number of ether oxygens (including phenoxy) is 1. The van der Waals surface area contributed by atoms with Crippen LogP contribution < -0.4 is 0 Å². The largest absolute Gasteiger partial charge is 0.444 e. The van der Waals surface area contributed by atoms with Gasteiger partial charge in [0.2, 0.25) is 0 Å². The molecule has 0 bridgehead atoms. The minimum absolute atomic E-state index is 0.235. The fraction of sp³-hybridized carbons (Fsp3) is 0.588. The molecule has 2 unspecified atom stereocenters. The van der Waals surface area contributed by atoms with E-state index >= 15 is 0 Å². The van der Waals surface area contributed by atoms with Crippen molar-refractivity contribution >= 4 is 6.09 Å².